The van der Waals surface area contributed by atoms with Crippen LogP contribution in [0.3, 0.4) is 0 Å². The van der Waals surface area contributed by atoms with Gasteiger partial charge >= 0.3 is 0 Å². The number of hydrogen-bond acceptors (Lipinski definition) is 3. The SMILES string of the molecule is C1=NC12Cc1occc1N2. The average Bonchev–Trinajstić information content (AvgIpc) is 2.28. The molecule has 1 aromatic rings. The maximum Gasteiger partial charge on any atom is 0.172 e. The van der Waals surface area contributed by atoms with Crippen LogP contribution < -0.4 is 5.32 Å². The third kappa shape index (κ3) is 0.396. The molecule has 1 atom stereocenters. The summed E-state index contributed by atoms with van der Waals surface area (Å²) in [4.78, 5) is 4.12. The summed E-state index contributed by atoms with van der Waals surface area (Å²) in [5.74, 6) is 1.03. The second-order valence-electron chi connectivity index (χ2n) is 2.74. The molecule has 0 aromatic carbocycles. The highest BCUT2D eigenvalue weighted by molar-refractivity contribution is 5.90. The summed E-state index contributed by atoms with van der Waals surface area (Å²) in [7, 11) is 0. The molecule has 50 valence electrons. The largest absolute Gasteiger partial charge is 0.467 e. The zero-order valence-electron chi connectivity index (χ0n) is 5.29. The molecule has 1 spiro atoms. The quantitative estimate of drug-likeness (QED) is 0.575. The lowest BCUT2D eigenvalue weighted by atomic mass is 10.2. The van der Waals surface area contributed by atoms with E-state index < -0.39 is 0 Å². The van der Waals surface area contributed by atoms with E-state index >= 15 is 0 Å². The first kappa shape index (κ1) is 4.55. The Hall–Kier alpha value is -1.25. The topological polar surface area (TPSA) is 37.5 Å². The van der Waals surface area contributed by atoms with Gasteiger partial charge < -0.3 is 9.73 Å². The molecule has 1 N–H and O–H groups in total. The number of nitrogens with one attached hydrogen (secondary N) is 1. The minimum Gasteiger partial charge on any atom is -0.467 e. The number of nitrogens with zero attached hydrogens (tertiary/aromatic N) is 1. The Morgan fingerprint density at radius 2 is 2.60 bits per heavy atom. The molecule has 0 aliphatic carbocycles. The van der Waals surface area contributed by atoms with Crippen LogP contribution in [0.25, 0.3) is 0 Å². The maximum absolute atomic E-state index is 5.21. The van der Waals surface area contributed by atoms with Crippen molar-refractivity contribution >= 4 is 11.9 Å². The minimum absolute atomic E-state index is 0.0601. The molecule has 3 nitrogen and oxygen atoms in total. The van der Waals surface area contributed by atoms with Crippen molar-refractivity contribution in [1.29, 1.82) is 0 Å². The van der Waals surface area contributed by atoms with E-state index in [4.69, 9.17) is 4.42 Å². The Bertz CT molecular complexity index is 285. The van der Waals surface area contributed by atoms with Gasteiger partial charge in [0.25, 0.3) is 0 Å². The lowest BCUT2D eigenvalue weighted by molar-refractivity contribution is 0.507. The first-order chi connectivity index (χ1) is 4.88. The lowest BCUT2D eigenvalue weighted by Crippen LogP contribution is -2.20. The van der Waals surface area contributed by atoms with E-state index in [1.807, 2.05) is 12.3 Å². The van der Waals surface area contributed by atoms with Crippen LogP contribution >= 0.6 is 0 Å². The normalized spacial score (nSPS) is 32.4. The van der Waals surface area contributed by atoms with Crippen molar-refractivity contribution in [3.8, 4) is 0 Å². The molecule has 3 heteroatoms. The molecule has 3 rings (SSSR count). The fraction of sp³-hybridized carbons (Fsp3) is 0.286. The summed E-state index contributed by atoms with van der Waals surface area (Å²) in [5.41, 5.74) is 1.03. The monoisotopic (exact) mass is 134 g/mol. The van der Waals surface area contributed by atoms with Crippen molar-refractivity contribution < 1.29 is 4.42 Å². The van der Waals surface area contributed by atoms with E-state index in [2.05, 4.69) is 10.3 Å². The van der Waals surface area contributed by atoms with Crippen LogP contribution in [-0.4, -0.2) is 11.9 Å². The van der Waals surface area contributed by atoms with Gasteiger partial charge in [-0.15, -0.1) is 0 Å². The molecule has 0 amide bonds. The van der Waals surface area contributed by atoms with Crippen molar-refractivity contribution in [2.75, 3.05) is 5.32 Å². The van der Waals surface area contributed by atoms with Gasteiger partial charge in [0.05, 0.1) is 24.6 Å². The number of aliphatic imine (C=N–C) groups is 1. The molecule has 2 aliphatic rings. The summed E-state index contributed by atoms with van der Waals surface area (Å²) in [6, 6.07) is 1.94. The van der Waals surface area contributed by atoms with Crippen molar-refractivity contribution in [3.05, 3.63) is 18.1 Å². The van der Waals surface area contributed by atoms with E-state index in [0.29, 0.717) is 0 Å². The summed E-state index contributed by atoms with van der Waals surface area (Å²) in [5, 5.41) is 3.25. The zero-order chi connectivity index (χ0) is 6.60. The van der Waals surface area contributed by atoms with Gasteiger partial charge in [0.15, 0.2) is 5.66 Å². The van der Waals surface area contributed by atoms with Gasteiger partial charge in [0, 0.05) is 0 Å². The number of rotatable bonds is 0. The predicted molar refractivity (Wildman–Crippen MR) is 37.3 cm³/mol. The molecule has 0 saturated heterocycles. The van der Waals surface area contributed by atoms with Crippen LogP contribution in [0, 0.1) is 0 Å². The number of fused-ring (bicyclic) bond motifs is 1. The van der Waals surface area contributed by atoms with Crippen LogP contribution in [0.15, 0.2) is 21.7 Å². The fourth-order valence-corrected chi connectivity index (χ4v) is 1.34. The van der Waals surface area contributed by atoms with Crippen molar-refractivity contribution in [2.45, 2.75) is 12.1 Å². The van der Waals surface area contributed by atoms with Crippen LogP contribution in [0.5, 0.6) is 0 Å². The molecule has 0 bridgehead atoms. The number of furan rings is 1. The maximum atomic E-state index is 5.21. The summed E-state index contributed by atoms with van der Waals surface area (Å²) < 4.78 is 5.21. The van der Waals surface area contributed by atoms with Gasteiger partial charge in [-0.05, 0) is 6.07 Å². The zero-order valence-corrected chi connectivity index (χ0v) is 5.29. The Morgan fingerprint density at radius 3 is 3.30 bits per heavy atom. The van der Waals surface area contributed by atoms with E-state index in [1.165, 1.54) is 0 Å². The molecule has 0 fully saturated rings. The Kier molecular flexibility index (Phi) is 0.510. The predicted octanol–water partition coefficient (Wildman–Crippen LogP) is 1.03. The lowest BCUT2D eigenvalue weighted by Gasteiger charge is -2.02. The molecule has 3 heterocycles. The molecular weight excluding hydrogens is 128 g/mol. The Labute approximate surface area is 57.8 Å². The van der Waals surface area contributed by atoms with Crippen molar-refractivity contribution in [3.63, 3.8) is 0 Å². The van der Waals surface area contributed by atoms with E-state index in [9.17, 15) is 0 Å². The third-order valence-electron chi connectivity index (χ3n) is 1.97. The highest BCUT2D eigenvalue weighted by Gasteiger charge is 2.44. The summed E-state index contributed by atoms with van der Waals surface area (Å²) in [6.07, 6.45) is 4.50. The highest BCUT2D eigenvalue weighted by atomic mass is 16.3. The number of hydrogen-bond donors (Lipinski definition) is 1. The summed E-state index contributed by atoms with van der Waals surface area (Å²) in [6.45, 7) is 0. The number of anilines is 1. The van der Waals surface area contributed by atoms with Gasteiger partial charge in [0.2, 0.25) is 0 Å². The molecule has 1 aromatic heterocycles. The van der Waals surface area contributed by atoms with Crippen LogP contribution in [0.4, 0.5) is 5.69 Å². The average molecular weight is 134 g/mol. The van der Waals surface area contributed by atoms with Gasteiger partial charge in [-0.3, -0.25) is 4.99 Å². The molecule has 1 unspecified atom stereocenters. The second kappa shape index (κ2) is 1.12. The van der Waals surface area contributed by atoms with Gasteiger partial charge in [0.1, 0.15) is 5.76 Å². The second-order valence-corrected chi connectivity index (χ2v) is 2.74. The van der Waals surface area contributed by atoms with Crippen LogP contribution in [0.2, 0.25) is 0 Å². The smallest absolute Gasteiger partial charge is 0.172 e. The van der Waals surface area contributed by atoms with Crippen molar-refractivity contribution in [1.82, 2.24) is 0 Å². The van der Waals surface area contributed by atoms with Crippen molar-refractivity contribution in [2.24, 2.45) is 4.99 Å². The van der Waals surface area contributed by atoms with E-state index in [-0.39, 0.29) is 5.66 Å². The molecular formula is C7H6N2O. The van der Waals surface area contributed by atoms with Crippen LogP contribution in [0.1, 0.15) is 5.76 Å². The first-order valence-corrected chi connectivity index (χ1v) is 3.29. The summed E-state index contributed by atoms with van der Waals surface area (Å²) >= 11 is 0. The minimum atomic E-state index is -0.0601. The molecule has 2 aliphatic heterocycles. The fourth-order valence-electron chi connectivity index (χ4n) is 1.34. The van der Waals surface area contributed by atoms with E-state index in [1.54, 1.807) is 6.26 Å². The third-order valence-corrected chi connectivity index (χ3v) is 1.97. The Balaban J connectivity index is 2.08. The van der Waals surface area contributed by atoms with Crippen LogP contribution in [-0.2, 0) is 6.42 Å². The Morgan fingerprint density at radius 1 is 1.70 bits per heavy atom. The highest BCUT2D eigenvalue weighted by Crippen LogP contribution is 2.37. The van der Waals surface area contributed by atoms with Gasteiger partial charge in [-0.25, -0.2) is 0 Å². The first-order valence-electron chi connectivity index (χ1n) is 3.29. The molecule has 10 heavy (non-hydrogen) atoms. The van der Waals surface area contributed by atoms with Gasteiger partial charge in [-0.2, -0.15) is 0 Å². The standard InChI is InChI=1S/C7H6N2O/c1-2-10-6-3-7(4-8-7)9-5(1)6/h1-2,4,9H,3H2. The molecule has 0 saturated carbocycles. The molecule has 0 radical (unpaired) electrons. The van der Waals surface area contributed by atoms with Gasteiger partial charge in [-0.1, -0.05) is 0 Å². The van der Waals surface area contributed by atoms with E-state index in [0.717, 1.165) is 17.9 Å².